The molecule has 11 amide bonds. The second-order valence-electron chi connectivity index (χ2n) is 28.4. The van der Waals surface area contributed by atoms with E-state index in [1.54, 1.807) is 60.9 Å². The number of ether oxygens (including phenoxy) is 1. The zero-order chi connectivity index (χ0) is 80.3. The molecule has 4 aromatic heterocycles. The van der Waals surface area contributed by atoms with Crippen LogP contribution in [0.5, 0.6) is 5.75 Å². The van der Waals surface area contributed by atoms with E-state index in [1.165, 1.54) is 92.6 Å². The number of primary amides is 1. The molecule has 7 heterocycles. The Bertz CT molecular complexity index is 4720. The smallest absolute Gasteiger partial charge is 0.305 e. The highest BCUT2D eigenvalue weighted by Gasteiger charge is 2.49. The lowest BCUT2D eigenvalue weighted by Gasteiger charge is -2.37. The van der Waals surface area contributed by atoms with E-state index in [0.717, 1.165) is 0 Å². The zero-order valence-electron chi connectivity index (χ0n) is 62.3. The highest BCUT2D eigenvalue weighted by molar-refractivity contribution is 6.01. The van der Waals surface area contributed by atoms with E-state index < -0.39 is 155 Å². The predicted molar refractivity (Wildman–Crippen MR) is 403 cm³/mol. The van der Waals surface area contributed by atoms with Gasteiger partial charge < -0.3 is 89.0 Å². The highest BCUT2D eigenvalue weighted by Crippen LogP contribution is 2.32. The van der Waals surface area contributed by atoms with Gasteiger partial charge in [0.15, 0.2) is 0 Å². The van der Waals surface area contributed by atoms with Gasteiger partial charge in [-0.2, -0.15) is 0 Å². The molecule has 10 atom stereocenters. The van der Waals surface area contributed by atoms with E-state index in [9.17, 15) is 43.1 Å². The topological polar surface area (TPSA) is 489 Å². The molecule has 35 heteroatoms. The van der Waals surface area contributed by atoms with Gasteiger partial charge in [0.2, 0.25) is 65.0 Å². The molecule has 0 saturated carbocycles. The number of methoxy groups -OCH3 is 1. The number of aromatic amines is 3. The van der Waals surface area contributed by atoms with Gasteiger partial charge in [0.05, 0.1) is 37.4 Å². The van der Waals surface area contributed by atoms with Gasteiger partial charge in [0.1, 0.15) is 77.3 Å². The van der Waals surface area contributed by atoms with E-state index in [4.69, 9.17) is 16.2 Å². The summed E-state index contributed by atoms with van der Waals surface area (Å²) in [5, 5.41) is 43.7. The van der Waals surface area contributed by atoms with Crippen molar-refractivity contribution in [2.45, 2.75) is 183 Å². The highest BCUT2D eigenvalue weighted by atomic mass is 19.1. The number of hydrogen-bond donors (Lipinski definition) is 15. The van der Waals surface area contributed by atoms with Crippen LogP contribution in [-0.4, -0.2) is 196 Å². The van der Waals surface area contributed by atoms with Crippen molar-refractivity contribution in [2.24, 2.45) is 11.5 Å². The van der Waals surface area contributed by atoms with E-state index in [0.29, 0.717) is 86.1 Å². The Morgan fingerprint density at radius 3 is 1.90 bits per heavy atom. The van der Waals surface area contributed by atoms with Crippen molar-refractivity contribution in [1.82, 2.24) is 87.7 Å². The number of aryl methyl sites for hydroxylation is 3. The van der Waals surface area contributed by atoms with Crippen molar-refractivity contribution in [3.63, 3.8) is 0 Å². The van der Waals surface area contributed by atoms with Crippen LogP contribution >= 0.6 is 0 Å². The Morgan fingerprint density at radius 1 is 0.670 bits per heavy atom. The Balaban J connectivity index is 1.01. The van der Waals surface area contributed by atoms with Crippen LogP contribution in [0.15, 0.2) is 116 Å². The van der Waals surface area contributed by atoms with Gasteiger partial charge in [-0.1, -0.05) is 29.5 Å². The number of imidazole rings is 1. The van der Waals surface area contributed by atoms with Gasteiger partial charge in [-0.3, -0.25) is 57.5 Å². The van der Waals surface area contributed by atoms with E-state index in [1.807, 2.05) is 0 Å². The number of rotatable bonds is 19. The predicted octanol–water partition coefficient (Wildman–Crippen LogP) is 1.74. The number of aromatic nitrogens is 7. The summed E-state index contributed by atoms with van der Waals surface area (Å²) in [5.41, 5.74) is 14.5. The minimum atomic E-state index is -2.03. The maximum absolute atomic E-state index is 15.4. The first-order chi connectivity index (χ1) is 53.6. The van der Waals surface area contributed by atoms with E-state index >= 15 is 28.4 Å². The largest absolute Gasteiger partial charge is 0.497 e. The lowest BCUT2D eigenvalue weighted by atomic mass is 9.94. The summed E-state index contributed by atoms with van der Waals surface area (Å²) in [7, 11) is 1.46. The molecule has 594 valence electrons. The molecule has 8 aromatic rings. The molecule has 0 radical (unpaired) electrons. The number of amides is 11. The van der Waals surface area contributed by atoms with Gasteiger partial charge in [-0.15, -0.1) is 5.10 Å². The average Bonchev–Trinajstić information content (AvgIpc) is 1.54. The lowest BCUT2D eigenvalue weighted by Crippen LogP contribution is -2.63. The number of carbonyl (C=O) groups excluding carboxylic acids is 11. The third kappa shape index (κ3) is 21.5. The summed E-state index contributed by atoms with van der Waals surface area (Å²) < 4.78 is 36.8. The second-order valence-corrected chi connectivity index (χ2v) is 28.4. The number of carboxylic acids is 1. The normalized spacial score (nSPS) is 22.7. The molecule has 3 aliphatic heterocycles. The first-order valence-corrected chi connectivity index (χ1v) is 37.0. The molecule has 0 spiro atoms. The summed E-state index contributed by atoms with van der Waals surface area (Å²) in [6, 6.07) is 7.32. The summed E-state index contributed by atoms with van der Waals surface area (Å²) in [4.78, 5) is 187. The van der Waals surface area contributed by atoms with Crippen LogP contribution in [0.25, 0.3) is 27.5 Å². The number of unbranched alkanes of at least 4 members (excludes halogenated alkanes) is 1. The summed E-state index contributed by atoms with van der Waals surface area (Å²) in [5.74, 6) is -12.3. The molecule has 1 saturated heterocycles. The van der Waals surface area contributed by atoms with Crippen LogP contribution in [0.2, 0.25) is 0 Å². The third-order valence-corrected chi connectivity index (χ3v) is 20.1. The van der Waals surface area contributed by atoms with Gasteiger partial charge in [0, 0.05) is 78.8 Å². The van der Waals surface area contributed by atoms with Crippen LogP contribution in [0.1, 0.15) is 119 Å². The molecule has 3 aliphatic rings. The van der Waals surface area contributed by atoms with Gasteiger partial charge in [-0.25, -0.2) is 18.4 Å². The SMILES string of the molecule is COc1ccc(C[C@@H]2NC(=O)[C@H](CCc3cnc[nH]3)NC(=O)[C@H](CC(=O)O)NC(=O)[C@H](CCc3c[nH]c4ccc(F)cc34)NC(=O)[C@H](Cc3c[nH]c4ccc(F)cc34)NC(=O)[C@@H](C)NC(=O)[C@H](CCCCN)NC(=O)[C@@H](NC(C)=O)CCCc3cn(nn3)-c3ccc(cc3)C[C@@H](C(N)=O)NC(=O)[C@]3(C)CCCN3C2=O)cc1. The fraction of sp³-hybridized carbons (Fsp3) is 0.416. The monoisotopic (exact) mass is 1550 g/mol. The first-order valence-electron chi connectivity index (χ1n) is 37.0. The van der Waals surface area contributed by atoms with Gasteiger partial charge >= 0.3 is 5.97 Å². The number of carbonyl (C=O) groups is 12. The fourth-order valence-corrected chi connectivity index (χ4v) is 13.9. The molecule has 0 aliphatic carbocycles. The molecule has 1 fully saturated rings. The second kappa shape index (κ2) is 37.8. The van der Waals surface area contributed by atoms with Gasteiger partial charge in [-0.05, 0) is 180 Å². The summed E-state index contributed by atoms with van der Waals surface area (Å²) in [6.07, 6.45) is 6.80. The third-order valence-electron chi connectivity index (χ3n) is 20.1. The molecule has 33 nitrogen and oxygen atoms in total. The van der Waals surface area contributed by atoms with Crippen LogP contribution in [0, 0.1) is 11.6 Å². The Kier molecular flexibility index (Phi) is 27.7. The number of carboxylic acid groups (broad SMARTS) is 1. The molecular formula is C77H93F2N19O14. The van der Waals surface area contributed by atoms with Crippen LogP contribution in [0.3, 0.4) is 0 Å². The average molecular weight is 1550 g/mol. The van der Waals surface area contributed by atoms with Crippen molar-refractivity contribution in [1.29, 1.82) is 0 Å². The van der Waals surface area contributed by atoms with Crippen molar-refractivity contribution in [3.8, 4) is 11.4 Å². The number of H-pyrrole nitrogens is 3. The maximum Gasteiger partial charge on any atom is 0.305 e. The van der Waals surface area contributed by atoms with Crippen LogP contribution in [0.4, 0.5) is 8.78 Å². The molecular weight excluding hydrogens is 1450 g/mol. The number of nitrogens with one attached hydrogen (secondary N) is 12. The zero-order valence-corrected chi connectivity index (χ0v) is 62.3. The van der Waals surface area contributed by atoms with Crippen molar-refractivity contribution in [2.75, 3.05) is 20.2 Å². The first kappa shape index (κ1) is 82.1. The number of fused-ring (bicyclic) bond motifs is 32. The van der Waals surface area contributed by atoms with Crippen molar-refractivity contribution >= 4 is 92.8 Å². The number of halogens is 2. The number of nitrogens with zero attached hydrogens (tertiary/aromatic N) is 5. The molecule has 11 rings (SSSR count). The quantitative estimate of drug-likeness (QED) is 0.0405. The Morgan fingerprint density at radius 2 is 1.27 bits per heavy atom. The molecule has 0 unspecified atom stereocenters. The number of nitrogens with two attached hydrogens (primary N) is 2. The van der Waals surface area contributed by atoms with Crippen molar-refractivity contribution in [3.05, 3.63) is 161 Å². The molecule has 112 heavy (non-hydrogen) atoms. The maximum atomic E-state index is 15.4. The Hall–Kier alpha value is -12.4. The molecule has 4 aromatic carbocycles. The lowest BCUT2D eigenvalue weighted by molar-refractivity contribution is -0.147. The minimum absolute atomic E-state index is 0.00757. The van der Waals surface area contributed by atoms with Gasteiger partial charge in [0.25, 0.3) is 0 Å². The van der Waals surface area contributed by atoms with Crippen LogP contribution in [-0.2, 0) is 96.1 Å². The van der Waals surface area contributed by atoms with E-state index in [2.05, 4.69) is 78.1 Å². The molecule has 4 bridgehead atoms. The summed E-state index contributed by atoms with van der Waals surface area (Å²) in [6.45, 7) is 4.28. The number of benzene rings is 4. The van der Waals surface area contributed by atoms with Crippen LogP contribution < -0.4 is 64.1 Å². The minimum Gasteiger partial charge on any atom is -0.497 e. The molecule has 17 N–H and O–H groups in total. The number of hydrogen-bond acceptors (Lipinski definition) is 17. The standard InChI is InChI=1S/C77H93F2N19O14/c1-42-68(103)91-63(33-47-38-84-57-26-18-49(79)35-55(47)57)73(108)89-60(24-16-46-37-83-56-25-17-48(78)34-54(46)56)71(106)92-64(36-66(100)101)74(109)90-61(27-19-50-39-82-41-85-50)72(107)93-65(32-45-14-22-53(112-4)23-15-45)75(110)97-30-8-28-77(97,3)76(111)94-62(67(81)102)31-44-12-20-52(21-13-44)98-40-51(95-96-98)9-7-11-58(87-43(2)99)70(105)88-59(69(104)86-42)10-5-6-29-80/h12-15,17-18,20-23,25-26,34-35,37-42,58-65,83-84H,5-11,16,19,24,27-33,36,80H2,1-4H3,(H2,81,102)(H,82,85)(H,86,104)(H,87,99)(H,88,105)(H,89,108)(H,90,109)(H,91,103)(H,92,106)(H,93,107)(H,94,111)(H,100,101)/t42-,58+,59+,60+,61+,62+,63+,64+,65+,77+/m1/s1. The summed E-state index contributed by atoms with van der Waals surface area (Å²) >= 11 is 0. The van der Waals surface area contributed by atoms with E-state index in [-0.39, 0.29) is 83.7 Å². The fourth-order valence-electron chi connectivity index (χ4n) is 13.9. The van der Waals surface area contributed by atoms with Crippen molar-refractivity contribution < 1.29 is 76.2 Å². The number of aliphatic carboxylic acids is 1. The Labute approximate surface area is 641 Å².